The molecule has 6 heteroatoms. The smallest absolute Gasteiger partial charge is 0.297 e. The lowest BCUT2D eigenvalue weighted by atomic mass is 10.2. The molecule has 0 fully saturated rings. The molecule has 0 aromatic heterocycles. The van der Waals surface area contributed by atoms with E-state index in [1.807, 2.05) is 0 Å². The summed E-state index contributed by atoms with van der Waals surface area (Å²) in [6, 6.07) is 3.04. The highest BCUT2D eigenvalue weighted by molar-refractivity contribution is 9.10. The Morgan fingerprint density at radius 2 is 2.21 bits per heavy atom. The fraction of sp³-hybridized carbons (Fsp3) is 0.250. The number of nitrogens with zero attached hydrogens (tertiary/aromatic N) is 1. The Balaban J connectivity index is 3.35. The summed E-state index contributed by atoms with van der Waals surface area (Å²) in [4.78, 5) is 10.2. The number of halogens is 1. The van der Waals surface area contributed by atoms with E-state index in [1.54, 1.807) is 13.1 Å². The van der Waals surface area contributed by atoms with E-state index in [9.17, 15) is 10.1 Å². The molecule has 76 valence electrons. The molecule has 0 heterocycles. The predicted molar refractivity (Wildman–Crippen MR) is 56.9 cm³/mol. The molecule has 1 N–H and O–H groups in total. The number of hydrogen-bond acceptors (Lipinski definition) is 4. The average Bonchev–Trinajstić information content (AvgIpc) is 2.16. The number of anilines is 1. The van der Waals surface area contributed by atoms with Crippen molar-refractivity contribution in [3.63, 3.8) is 0 Å². The zero-order chi connectivity index (χ0) is 10.7. The molecule has 0 radical (unpaired) electrons. The van der Waals surface area contributed by atoms with Crippen LogP contribution in [0, 0.1) is 10.1 Å². The van der Waals surface area contributed by atoms with Gasteiger partial charge in [0.1, 0.15) is 11.4 Å². The Morgan fingerprint density at radius 3 is 2.64 bits per heavy atom. The van der Waals surface area contributed by atoms with E-state index in [0.717, 1.165) is 0 Å². The highest BCUT2D eigenvalue weighted by Crippen LogP contribution is 2.36. The lowest BCUT2D eigenvalue weighted by molar-refractivity contribution is -0.384. The maximum absolute atomic E-state index is 10.7. The van der Waals surface area contributed by atoms with Crippen LogP contribution in [0.25, 0.3) is 0 Å². The summed E-state index contributed by atoms with van der Waals surface area (Å²) < 4.78 is 5.53. The van der Waals surface area contributed by atoms with E-state index in [1.165, 1.54) is 13.2 Å². The number of nitro benzene ring substituents is 1. The standard InChI is InChI=1S/C8H9BrN2O3/c1-10-8-6(9)3-5(14-2)4-7(8)11(12)13/h3-4,10H,1-2H3. The van der Waals surface area contributed by atoms with E-state index in [-0.39, 0.29) is 5.69 Å². The van der Waals surface area contributed by atoms with Crippen LogP contribution >= 0.6 is 15.9 Å². The predicted octanol–water partition coefficient (Wildman–Crippen LogP) is 2.41. The van der Waals surface area contributed by atoms with Gasteiger partial charge < -0.3 is 10.1 Å². The second-order valence-electron chi connectivity index (χ2n) is 2.51. The van der Waals surface area contributed by atoms with Gasteiger partial charge in [0.2, 0.25) is 0 Å². The normalized spacial score (nSPS) is 9.64. The van der Waals surface area contributed by atoms with E-state index < -0.39 is 4.92 Å². The fourth-order valence-corrected chi connectivity index (χ4v) is 1.70. The molecule has 1 aromatic carbocycles. The summed E-state index contributed by atoms with van der Waals surface area (Å²) in [5, 5.41) is 13.4. The summed E-state index contributed by atoms with van der Waals surface area (Å²) in [7, 11) is 3.09. The summed E-state index contributed by atoms with van der Waals surface area (Å²) >= 11 is 3.22. The van der Waals surface area contributed by atoms with Crippen LogP contribution in [-0.2, 0) is 0 Å². The minimum Gasteiger partial charge on any atom is -0.496 e. The fourth-order valence-electron chi connectivity index (χ4n) is 1.08. The Hall–Kier alpha value is -1.30. The van der Waals surface area contributed by atoms with Gasteiger partial charge in [0.25, 0.3) is 5.69 Å². The van der Waals surface area contributed by atoms with Crippen molar-refractivity contribution in [1.82, 2.24) is 0 Å². The zero-order valence-electron chi connectivity index (χ0n) is 7.70. The molecular formula is C8H9BrN2O3. The molecular weight excluding hydrogens is 252 g/mol. The molecule has 0 saturated carbocycles. The molecule has 0 saturated heterocycles. The Labute approximate surface area is 89.3 Å². The third-order valence-electron chi connectivity index (χ3n) is 1.73. The topological polar surface area (TPSA) is 64.4 Å². The lowest BCUT2D eigenvalue weighted by Crippen LogP contribution is -1.98. The van der Waals surface area contributed by atoms with Gasteiger partial charge >= 0.3 is 0 Å². The summed E-state index contributed by atoms with van der Waals surface area (Å²) in [5.74, 6) is 0.447. The van der Waals surface area contributed by atoms with Crippen molar-refractivity contribution in [2.24, 2.45) is 0 Å². The van der Waals surface area contributed by atoms with Crippen LogP contribution in [0.15, 0.2) is 16.6 Å². The minimum atomic E-state index is -0.459. The second-order valence-corrected chi connectivity index (χ2v) is 3.36. The van der Waals surface area contributed by atoms with Crippen LogP contribution in [-0.4, -0.2) is 19.1 Å². The first-order valence-corrected chi connectivity index (χ1v) is 4.59. The van der Waals surface area contributed by atoms with Crippen LogP contribution in [0.5, 0.6) is 5.75 Å². The van der Waals surface area contributed by atoms with Gasteiger partial charge in [-0.2, -0.15) is 0 Å². The van der Waals surface area contributed by atoms with E-state index in [4.69, 9.17) is 4.74 Å². The van der Waals surface area contributed by atoms with Crippen LogP contribution in [0.1, 0.15) is 0 Å². The van der Waals surface area contributed by atoms with Crippen LogP contribution in [0.2, 0.25) is 0 Å². The molecule has 0 amide bonds. The maximum atomic E-state index is 10.7. The summed E-state index contributed by atoms with van der Waals surface area (Å²) in [5.41, 5.74) is 0.425. The van der Waals surface area contributed by atoms with Crippen molar-refractivity contribution in [2.45, 2.75) is 0 Å². The Bertz CT molecular complexity index is 368. The van der Waals surface area contributed by atoms with Crippen LogP contribution in [0.3, 0.4) is 0 Å². The quantitative estimate of drug-likeness (QED) is 0.670. The SMILES string of the molecule is CNc1c(Br)cc(OC)cc1[N+](=O)[O-]. The Morgan fingerprint density at radius 1 is 1.57 bits per heavy atom. The minimum absolute atomic E-state index is 0.0151. The van der Waals surface area contributed by atoms with Gasteiger partial charge in [-0.15, -0.1) is 0 Å². The van der Waals surface area contributed by atoms with Gasteiger partial charge in [-0.1, -0.05) is 0 Å². The van der Waals surface area contributed by atoms with Crippen molar-refractivity contribution in [2.75, 3.05) is 19.5 Å². The van der Waals surface area contributed by atoms with Crippen molar-refractivity contribution >= 4 is 27.3 Å². The van der Waals surface area contributed by atoms with E-state index in [0.29, 0.717) is 15.9 Å². The van der Waals surface area contributed by atoms with Gasteiger partial charge in [0, 0.05) is 7.05 Å². The summed E-state index contributed by atoms with van der Waals surface area (Å²) in [6.45, 7) is 0. The number of ether oxygens (including phenoxy) is 1. The molecule has 0 aliphatic heterocycles. The van der Waals surface area contributed by atoms with Crippen molar-refractivity contribution in [3.8, 4) is 5.75 Å². The molecule has 0 unspecified atom stereocenters. The highest BCUT2D eigenvalue weighted by Gasteiger charge is 2.17. The van der Waals surface area contributed by atoms with E-state index >= 15 is 0 Å². The first-order valence-electron chi connectivity index (χ1n) is 3.79. The van der Waals surface area contributed by atoms with Gasteiger partial charge in [-0.3, -0.25) is 10.1 Å². The number of methoxy groups -OCH3 is 1. The van der Waals surface area contributed by atoms with Gasteiger partial charge in [0.05, 0.1) is 22.6 Å². The molecule has 5 nitrogen and oxygen atoms in total. The number of hydrogen-bond donors (Lipinski definition) is 1. The lowest BCUT2D eigenvalue weighted by Gasteiger charge is -2.07. The van der Waals surface area contributed by atoms with Gasteiger partial charge in [0.15, 0.2) is 0 Å². The third kappa shape index (κ3) is 1.95. The number of benzene rings is 1. The average molecular weight is 261 g/mol. The number of nitrogens with one attached hydrogen (secondary N) is 1. The van der Waals surface area contributed by atoms with Crippen LogP contribution in [0.4, 0.5) is 11.4 Å². The second kappa shape index (κ2) is 4.28. The molecule has 1 aromatic rings. The largest absolute Gasteiger partial charge is 0.496 e. The molecule has 0 bridgehead atoms. The number of nitro groups is 1. The molecule has 14 heavy (non-hydrogen) atoms. The van der Waals surface area contributed by atoms with Crippen molar-refractivity contribution in [3.05, 3.63) is 26.7 Å². The molecule has 0 aliphatic carbocycles. The molecule has 0 aliphatic rings. The Kier molecular flexibility index (Phi) is 3.29. The van der Waals surface area contributed by atoms with Crippen molar-refractivity contribution in [1.29, 1.82) is 0 Å². The highest BCUT2D eigenvalue weighted by atomic mass is 79.9. The third-order valence-corrected chi connectivity index (χ3v) is 2.35. The monoisotopic (exact) mass is 260 g/mol. The first-order chi connectivity index (χ1) is 6.60. The van der Waals surface area contributed by atoms with Gasteiger partial charge in [-0.25, -0.2) is 0 Å². The maximum Gasteiger partial charge on any atom is 0.297 e. The molecule has 1 rings (SSSR count). The van der Waals surface area contributed by atoms with Gasteiger partial charge in [-0.05, 0) is 22.0 Å². The number of rotatable bonds is 3. The zero-order valence-corrected chi connectivity index (χ0v) is 9.29. The first kappa shape index (κ1) is 10.8. The molecule has 0 atom stereocenters. The van der Waals surface area contributed by atoms with Crippen molar-refractivity contribution < 1.29 is 9.66 Å². The van der Waals surface area contributed by atoms with E-state index in [2.05, 4.69) is 21.2 Å². The summed E-state index contributed by atoms with van der Waals surface area (Å²) in [6.07, 6.45) is 0. The molecule has 0 spiro atoms. The van der Waals surface area contributed by atoms with Crippen LogP contribution < -0.4 is 10.1 Å².